The second-order valence-electron chi connectivity index (χ2n) is 6.76. The van der Waals surface area contributed by atoms with Crippen LogP contribution in [-0.2, 0) is 9.63 Å². The molecule has 0 radical (unpaired) electrons. The molecule has 0 saturated carbocycles. The minimum atomic E-state index is 0.119. The Morgan fingerprint density at radius 3 is 2.67 bits per heavy atom. The van der Waals surface area contributed by atoms with Gasteiger partial charge in [0.1, 0.15) is 12.9 Å². The first-order valence-electron chi connectivity index (χ1n) is 8.23. The Hall–Kier alpha value is -2.23. The summed E-state index contributed by atoms with van der Waals surface area (Å²) in [5, 5.41) is 2.47. The molecule has 4 nitrogen and oxygen atoms in total. The minimum Gasteiger partial charge on any atom is -0.359 e. The maximum absolute atomic E-state index is 10.4. The second-order valence-corrected chi connectivity index (χ2v) is 6.76. The van der Waals surface area contributed by atoms with Crippen molar-refractivity contribution >= 4 is 6.29 Å². The van der Waals surface area contributed by atoms with Crippen LogP contribution >= 0.6 is 0 Å². The van der Waals surface area contributed by atoms with E-state index in [0.717, 1.165) is 23.9 Å². The lowest BCUT2D eigenvalue weighted by Gasteiger charge is -2.33. The molecule has 0 spiro atoms. The van der Waals surface area contributed by atoms with Crippen LogP contribution in [0.3, 0.4) is 0 Å². The zero-order valence-corrected chi connectivity index (χ0v) is 15.0. The number of rotatable bonds is 8. The molecule has 0 saturated heterocycles. The molecule has 0 N–H and O–H groups in total. The maximum atomic E-state index is 10.4. The van der Waals surface area contributed by atoms with Crippen molar-refractivity contribution in [1.29, 1.82) is 0 Å². The Balaban J connectivity index is 2.98. The van der Waals surface area contributed by atoms with Gasteiger partial charge < -0.3 is 4.84 Å². The number of nitrogens with zero attached hydrogens (tertiary/aromatic N) is 1. The van der Waals surface area contributed by atoms with Gasteiger partial charge in [0, 0.05) is 0 Å². The molecule has 0 aromatic rings. The van der Waals surface area contributed by atoms with Gasteiger partial charge in [-0.05, 0) is 61.3 Å². The topological polar surface area (TPSA) is 55.7 Å². The standard InChI is InChI=1S/C20H27NO3/c1-16(12-14-22)7-5-9-18(15-24-21-23)10-11-19-17(2)8-6-13-20(19,3)4/h5,7,9-12,14H,6,8,13,15H2,1-4H3/b7-5+,11-10+,16-12-,18-9-. The van der Waals surface area contributed by atoms with Crippen molar-refractivity contribution in [2.75, 3.05) is 6.61 Å². The number of allylic oxidation sites excluding steroid dienone is 8. The van der Waals surface area contributed by atoms with E-state index in [1.54, 1.807) is 0 Å². The third kappa shape index (κ3) is 6.49. The Morgan fingerprint density at radius 2 is 2.04 bits per heavy atom. The largest absolute Gasteiger partial charge is 0.359 e. The van der Waals surface area contributed by atoms with Crippen molar-refractivity contribution in [3.8, 4) is 0 Å². The summed E-state index contributed by atoms with van der Waals surface area (Å²) in [7, 11) is 0. The Bertz CT molecular complexity index is 604. The Labute approximate surface area is 144 Å². The van der Waals surface area contributed by atoms with Crippen molar-refractivity contribution in [2.24, 2.45) is 10.8 Å². The van der Waals surface area contributed by atoms with Gasteiger partial charge in [-0.15, -0.1) is 4.91 Å². The molecule has 0 bridgehead atoms. The summed E-state index contributed by atoms with van der Waals surface area (Å²) in [4.78, 5) is 25.3. The number of hydrogen-bond acceptors (Lipinski definition) is 4. The fourth-order valence-electron chi connectivity index (χ4n) is 2.94. The minimum absolute atomic E-state index is 0.119. The molecule has 0 heterocycles. The lowest BCUT2D eigenvalue weighted by atomic mass is 9.72. The lowest BCUT2D eigenvalue weighted by molar-refractivity contribution is -0.104. The van der Waals surface area contributed by atoms with Gasteiger partial charge in [-0.3, -0.25) is 4.79 Å². The van der Waals surface area contributed by atoms with E-state index in [0.29, 0.717) is 0 Å². The number of hydrogen-bond donors (Lipinski definition) is 0. The molecule has 1 rings (SSSR count). The molecule has 0 unspecified atom stereocenters. The van der Waals surface area contributed by atoms with Gasteiger partial charge in [0.15, 0.2) is 5.34 Å². The monoisotopic (exact) mass is 329 g/mol. The molecular formula is C20H27NO3. The molecule has 1 aliphatic rings. The molecule has 0 aromatic carbocycles. The molecule has 0 amide bonds. The van der Waals surface area contributed by atoms with E-state index in [1.165, 1.54) is 30.1 Å². The predicted octanol–water partition coefficient (Wildman–Crippen LogP) is 5.40. The summed E-state index contributed by atoms with van der Waals surface area (Å²) in [5.74, 6) is 0. The number of carbonyl (C=O) groups is 1. The first-order valence-corrected chi connectivity index (χ1v) is 8.23. The van der Waals surface area contributed by atoms with Crippen molar-refractivity contribution < 1.29 is 9.63 Å². The summed E-state index contributed by atoms with van der Waals surface area (Å²) in [6.45, 7) is 8.66. The van der Waals surface area contributed by atoms with Gasteiger partial charge in [-0.1, -0.05) is 49.8 Å². The van der Waals surface area contributed by atoms with Crippen LogP contribution in [0.5, 0.6) is 0 Å². The fourth-order valence-corrected chi connectivity index (χ4v) is 2.94. The summed E-state index contributed by atoms with van der Waals surface area (Å²) >= 11 is 0. The highest BCUT2D eigenvalue weighted by Gasteiger charge is 2.26. The molecular weight excluding hydrogens is 302 g/mol. The molecule has 130 valence electrons. The van der Waals surface area contributed by atoms with Gasteiger partial charge in [0.2, 0.25) is 0 Å². The van der Waals surface area contributed by atoms with Gasteiger partial charge >= 0.3 is 0 Å². The third-order valence-corrected chi connectivity index (χ3v) is 4.29. The lowest BCUT2D eigenvalue weighted by Crippen LogP contribution is -2.19. The van der Waals surface area contributed by atoms with Crippen molar-refractivity contribution in [3.63, 3.8) is 0 Å². The van der Waals surface area contributed by atoms with Crippen LogP contribution in [-0.4, -0.2) is 12.9 Å². The van der Waals surface area contributed by atoms with E-state index in [9.17, 15) is 9.70 Å². The van der Waals surface area contributed by atoms with Crippen LogP contribution in [0.1, 0.15) is 47.0 Å². The van der Waals surface area contributed by atoms with Crippen LogP contribution in [0.2, 0.25) is 0 Å². The van der Waals surface area contributed by atoms with Crippen LogP contribution in [0.15, 0.2) is 64.1 Å². The summed E-state index contributed by atoms with van der Waals surface area (Å²) < 4.78 is 0. The average molecular weight is 329 g/mol. The van der Waals surface area contributed by atoms with E-state index >= 15 is 0 Å². The molecule has 0 atom stereocenters. The van der Waals surface area contributed by atoms with Crippen LogP contribution < -0.4 is 0 Å². The summed E-state index contributed by atoms with van der Waals surface area (Å²) in [6.07, 6.45) is 15.4. The SMILES string of the molecule is CC1=C(/C=C/C(=C/C=C/C(C)=C\C=O)CON=O)C(C)(C)CCC1. The quantitative estimate of drug-likeness (QED) is 0.197. The highest BCUT2D eigenvalue weighted by Crippen LogP contribution is 2.40. The summed E-state index contributed by atoms with van der Waals surface area (Å²) in [6, 6.07) is 0. The van der Waals surface area contributed by atoms with Crippen molar-refractivity contribution in [3.05, 3.63) is 63.7 Å². The van der Waals surface area contributed by atoms with Crippen molar-refractivity contribution in [1.82, 2.24) is 0 Å². The van der Waals surface area contributed by atoms with Crippen molar-refractivity contribution in [2.45, 2.75) is 47.0 Å². The molecule has 0 aromatic heterocycles. The van der Waals surface area contributed by atoms with E-state index in [-0.39, 0.29) is 12.0 Å². The highest BCUT2D eigenvalue weighted by molar-refractivity contribution is 5.66. The van der Waals surface area contributed by atoms with E-state index in [4.69, 9.17) is 0 Å². The maximum Gasteiger partial charge on any atom is 0.155 e. The third-order valence-electron chi connectivity index (χ3n) is 4.29. The summed E-state index contributed by atoms with van der Waals surface area (Å²) in [5.41, 5.74) is 4.61. The zero-order chi connectivity index (χ0) is 18.0. The average Bonchev–Trinajstić information content (AvgIpc) is 2.51. The van der Waals surface area contributed by atoms with Gasteiger partial charge in [0.25, 0.3) is 0 Å². The zero-order valence-electron chi connectivity index (χ0n) is 15.0. The molecule has 4 heteroatoms. The van der Waals surface area contributed by atoms with Crippen LogP contribution in [0.4, 0.5) is 0 Å². The first kappa shape index (κ1) is 19.8. The molecule has 1 aliphatic carbocycles. The van der Waals surface area contributed by atoms with Gasteiger partial charge in [0.05, 0.1) is 0 Å². The Morgan fingerprint density at radius 1 is 1.29 bits per heavy atom. The van der Waals surface area contributed by atoms with Crippen LogP contribution in [0, 0.1) is 10.3 Å². The van der Waals surface area contributed by atoms with E-state index in [2.05, 4.69) is 37.0 Å². The second kappa shape index (κ2) is 9.81. The molecule has 24 heavy (non-hydrogen) atoms. The van der Waals surface area contributed by atoms with Gasteiger partial charge in [-0.25, -0.2) is 0 Å². The highest BCUT2D eigenvalue weighted by atomic mass is 16.7. The number of carbonyl (C=O) groups excluding carboxylic acids is 1. The van der Waals surface area contributed by atoms with Gasteiger partial charge in [-0.2, -0.15) is 0 Å². The van der Waals surface area contributed by atoms with E-state index in [1.807, 2.05) is 31.2 Å². The fraction of sp³-hybridized carbons (Fsp3) is 0.450. The predicted molar refractivity (Wildman–Crippen MR) is 98.3 cm³/mol. The first-order chi connectivity index (χ1) is 11.4. The van der Waals surface area contributed by atoms with Crippen LogP contribution in [0.25, 0.3) is 0 Å². The molecule has 0 fully saturated rings. The number of aldehydes is 1. The smallest absolute Gasteiger partial charge is 0.155 e. The normalized spacial score (nSPS) is 19.2. The Kier molecular flexibility index (Phi) is 8.10. The molecule has 0 aliphatic heterocycles. The van der Waals surface area contributed by atoms with E-state index < -0.39 is 0 Å².